The maximum absolute atomic E-state index is 13.2. The largest absolute Gasteiger partial charge is 0.381 e. The first-order valence-electron chi connectivity index (χ1n) is 9.88. The van der Waals surface area contributed by atoms with Crippen molar-refractivity contribution in [2.45, 2.75) is 24.7 Å². The predicted molar refractivity (Wildman–Crippen MR) is 116 cm³/mol. The van der Waals surface area contributed by atoms with Crippen molar-refractivity contribution in [2.75, 3.05) is 19.8 Å². The Kier molecular flexibility index (Phi) is 6.11. The van der Waals surface area contributed by atoms with Crippen molar-refractivity contribution in [3.8, 4) is 5.69 Å². The van der Waals surface area contributed by atoms with Crippen LogP contribution in [0.25, 0.3) is 5.69 Å². The fourth-order valence-corrected chi connectivity index (χ4v) is 4.10. The minimum atomic E-state index is -0.521. The molecular formula is C23H24BrN3O2. The molecule has 0 atom stereocenters. The Bertz CT molecular complexity index is 948. The van der Waals surface area contributed by atoms with Crippen LogP contribution in [0, 0.1) is 0 Å². The van der Waals surface area contributed by atoms with Crippen molar-refractivity contribution in [3.63, 3.8) is 0 Å². The van der Waals surface area contributed by atoms with E-state index in [1.165, 1.54) is 0 Å². The molecule has 1 aliphatic heterocycles. The Balaban J connectivity index is 1.41. The summed E-state index contributed by atoms with van der Waals surface area (Å²) in [6, 6.07) is 18.1. The molecule has 29 heavy (non-hydrogen) atoms. The number of aromatic nitrogens is 2. The number of hydrogen-bond donors (Lipinski definition) is 1. The smallest absolute Gasteiger partial charge is 0.230 e. The van der Waals surface area contributed by atoms with Crippen molar-refractivity contribution < 1.29 is 9.53 Å². The maximum Gasteiger partial charge on any atom is 0.230 e. The Morgan fingerprint density at radius 1 is 1.10 bits per heavy atom. The fraction of sp³-hybridized carbons (Fsp3) is 0.304. The molecule has 3 aromatic rings. The molecule has 4 rings (SSSR count). The fourth-order valence-electron chi connectivity index (χ4n) is 3.84. The zero-order valence-electron chi connectivity index (χ0n) is 16.2. The van der Waals surface area contributed by atoms with Crippen molar-refractivity contribution >= 4 is 21.8 Å². The number of rotatable bonds is 6. The lowest BCUT2D eigenvalue weighted by molar-refractivity contribution is -0.130. The number of carbonyl (C=O) groups is 1. The Hall–Kier alpha value is -2.44. The van der Waals surface area contributed by atoms with Gasteiger partial charge in [-0.25, -0.2) is 4.68 Å². The van der Waals surface area contributed by atoms with Gasteiger partial charge in [0, 0.05) is 30.4 Å². The molecule has 1 fully saturated rings. The first-order chi connectivity index (χ1) is 14.2. The van der Waals surface area contributed by atoms with E-state index in [1.807, 2.05) is 71.7 Å². The number of hydrogen-bond acceptors (Lipinski definition) is 3. The van der Waals surface area contributed by atoms with Gasteiger partial charge in [-0.15, -0.1) is 0 Å². The van der Waals surface area contributed by atoms with Crippen LogP contribution in [0.2, 0.25) is 0 Å². The molecule has 0 unspecified atom stereocenters. The van der Waals surface area contributed by atoms with Crippen LogP contribution >= 0.6 is 15.9 Å². The molecule has 0 radical (unpaired) electrons. The summed E-state index contributed by atoms with van der Waals surface area (Å²) in [5.74, 6) is 0.0820. The second-order valence-electron chi connectivity index (χ2n) is 7.34. The molecule has 1 saturated heterocycles. The van der Waals surface area contributed by atoms with Gasteiger partial charge in [-0.05, 0) is 54.7 Å². The highest BCUT2D eigenvalue weighted by atomic mass is 79.9. The second-order valence-corrected chi connectivity index (χ2v) is 8.25. The average Bonchev–Trinajstić information content (AvgIpc) is 3.24. The molecule has 0 saturated carbocycles. The lowest BCUT2D eigenvalue weighted by Crippen LogP contribution is -2.48. The van der Waals surface area contributed by atoms with Gasteiger partial charge in [0.25, 0.3) is 0 Å². The van der Waals surface area contributed by atoms with E-state index in [0.29, 0.717) is 32.6 Å². The molecular weight excluding hydrogens is 430 g/mol. The van der Waals surface area contributed by atoms with Gasteiger partial charge in [0.15, 0.2) is 0 Å². The van der Waals surface area contributed by atoms with E-state index >= 15 is 0 Å². The highest BCUT2D eigenvalue weighted by molar-refractivity contribution is 9.10. The number of carbonyl (C=O) groups excluding carboxylic acids is 1. The molecule has 1 aliphatic rings. The Morgan fingerprint density at radius 2 is 1.83 bits per heavy atom. The quantitative estimate of drug-likeness (QED) is 0.612. The Labute approximate surface area is 179 Å². The molecule has 5 nitrogen and oxygen atoms in total. The number of benzene rings is 2. The van der Waals surface area contributed by atoms with Crippen molar-refractivity contribution in [3.05, 3.63) is 82.6 Å². The van der Waals surface area contributed by atoms with Crippen LogP contribution < -0.4 is 5.32 Å². The van der Waals surface area contributed by atoms with Gasteiger partial charge in [-0.2, -0.15) is 5.10 Å². The standard InChI is InChI=1S/C23H24BrN3O2/c24-20-8-6-19(7-9-20)23(11-14-29-15-12-23)22(28)25-13-10-18-16-26-27(17-18)21-4-2-1-3-5-21/h1-9,16-17H,10-15H2,(H,25,28). The zero-order valence-corrected chi connectivity index (χ0v) is 17.8. The minimum absolute atomic E-state index is 0.0820. The number of ether oxygens (including phenoxy) is 1. The highest BCUT2D eigenvalue weighted by Crippen LogP contribution is 2.35. The van der Waals surface area contributed by atoms with E-state index in [9.17, 15) is 4.79 Å². The zero-order chi connectivity index (χ0) is 20.1. The number of halogens is 1. The third-order valence-electron chi connectivity index (χ3n) is 5.53. The van der Waals surface area contributed by atoms with Crippen LogP contribution in [0.5, 0.6) is 0 Å². The summed E-state index contributed by atoms with van der Waals surface area (Å²) in [5, 5.41) is 7.59. The number of nitrogens with one attached hydrogen (secondary N) is 1. The molecule has 2 aromatic carbocycles. The van der Waals surface area contributed by atoms with Gasteiger partial charge in [-0.3, -0.25) is 4.79 Å². The molecule has 0 bridgehead atoms. The van der Waals surface area contributed by atoms with Gasteiger partial charge in [0.2, 0.25) is 5.91 Å². The summed E-state index contributed by atoms with van der Waals surface area (Å²) in [6.45, 7) is 1.79. The second kappa shape index (κ2) is 8.93. The molecule has 0 spiro atoms. The Morgan fingerprint density at radius 3 is 2.55 bits per heavy atom. The highest BCUT2D eigenvalue weighted by Gasteiger charge is 2.41. The number of amides is 1. The van der Waals surface area contributed by atoms with Gasteiger partial charge in [0.1, 0.15) is 0 Å². The predicted octanol–water partition coefficient (Wildman–Crippen LogP) is 4.04. The maximum atomic E-state index is 13.2. The van der Waals surface area contributed by atoms with Gasteiger partial charge in [-0.1, -0.05) is 46.3 Å². The summed E-state index contributed by atoms with van der Waals surface area (Å²) in [7, 11) is 0. The van der Waals surface area contributed by atoms with Gasteiger partial charge in [0.05, 0.1) is 17.3 Å². The number of nitrogens with zero attached hydrogens (tertiary/aromatic N) is 2. The lowest BCUT2D eigenvalue weighted by atomic mass is 9.73. The van der Waals surface area contributed by atoms with Crippen LogP contribution in [-0.2, 0) is 21.4 Å². The van der Waals surface area contributed by atoms with Crippen LogP contribution in [0.3, 0.4) is 0 Å². The van der Waals surface area contributed by atoms with Crippen LogP contribution in [0.1, 0.15) is 24.0 Å². The van der Waals surface area contributed by atoms with Gasteiger partial charge < -0.3 is 10.1 Å². The van der Waals surface area contributed by atoms with Crippen molar-refractivity contribution in [1.29, 1.82) is 0 Å². The van der Waals surface area contributed by atoms with Crippen LogP contribution in [0.4, 0.5) is 0 Å². The number of para-hydroxylation sites is 1. The normalized spacial score (nSPS) is 15.8. The van der Waals surface area contributed by atoms with Crippen LogP contribution in [0.15, 0.2) is 71.5 Å². The van der Waals surface area contributed by atoms with E-state index in [1.54, 1.807) is 0 Å². The van der Waals surface area contributed by atoms with E-state index in [4.69, 9.17) is 4.74 Å². The molecule has 1 amide bonds. The topological polar surface area (TPSA) is 56.2 Å². The molecule has 1 N–H and O–H groups in total. The van der Waals surface area contributed by atoms with Gasteiger partial charge >= 0.3 is 0 Å². The average molecular weight is 454 g/mol. The summed E-state index contributed by atoms with van der Waals surface area (Å²) in [6.07, 6.45) is 6.02. The van der Waals surface area contributed by atoms with E-state index in [2.05, 4.69) is 26.3 Å². The summed E-state index contributed by atoms with van der Waals surface area (Å²) in [4.78, 5) is 13.2. The van der Waals surface area contributed by atoms with E-state index in [0.717, 1.165) is 27.7 Å². The summed E-state index contributed by atoms with van der Waals surface area (Å²) in [5.41, 5.74) is 2.66. The SMILES string of the molecule is O=C(NCCc1cnn(-c2ccccc2)c1)C1(c2ccc(Br)cc2)CCOCC1. The summed E-state index contributed by atoms with van der Waals surface area (Å²) < 4.78 is 8.41. The third-order valence-corrected chi connectivity index (χ3v) is 6.06. The monoisotopic (exact) mass is 453 g/mol. The third kappa shape index (κ3) is 4.43. The van der Waals surface area contributed by atoms with E-state index in [-0.39, 0.29) is 5.91 Å². The summed E-state index contributed by atoms with van der Waals surface area (Å²) >= 11 is 3.48. The molecule has 0 aliphatic carbocycles. The van der Waals surface area contributed by atoms with E-state index < -0.39 is 5.41 Å². The molecule has 2 heterocycles. The first-order valence-corrected chi connectivity index (χ1v) is 10.7. The first kappa shape index (κ1) is 19.9. The minimum Gasteiger partial charge on any atom is -0.381 e. The van der Waals surface area contributed by atoms with Crippen LogP contribution in [-0.4, -0.2) is 35.4 Å². The lowest BCUT2D eigenvalue weighted by Gasteiger charge is -2.36. The molecule has 150 valence electrons. The molecule has 6 heteroatoms. The molecule has 1 aromatic heterocycles. The van der Waals surface area contributed by atoms with Crippen molar-refractivity contribution in [2.24, 2.45) is 0 Å². The van der Waals surface area contributed by atoms with Crippen molar-refractivity contribution in [1.82, 2.24) is 15.1 Å².